The first kappa shape index (κ1) is 17.1. The average molecular weight is 358 g/mol. The second-order valence-corrected chi connectivity index (χ2v) is 7.78. The van der Waals surface area contributed by atoms with Crippen LogP contribution < -0.4 is 5.32 Å². The molecule has 2 heterocycles. The lowest BCUT2D eigenvalue weighted by Crippen LogP contribution is -2.48. The Kier molecular flexibility index (Phi) is 4.06. The van der Waals surface area contributed by atoms with Crippen LogP contribution in [0.15, 0.2) is 18.2 Å². The van der Waals surface area contributed by atoms with Gasteiger partial charge in [-0.15, -0.1) is 11.8 Å². The van der Waals surface area contributed by atoms with Crippen molar-refractivity contribution >= 4 is 29.3 Å². The molecule has 0 saturated carbocycles. The predicted molar refractivity (Wildman–Crippen MR) is 85.5 cm³/mol. The first-order chi connectivity index (χ1) is 11.1. The fraction of sp³-hybridized carbons (Fsp3) is 0.500. The van der Waals surface area contributed by atoms with Gasteiger partial charge in [0.1, 0.15) is 6.04 Å². The Balaban J connectivity index is 1.80. The molecule has 130 valence electrons. The monoisotopic (exact) mass is 358 g/mol. The highest BCUT2D eigenvalue weighted by atomic mass is 32.2. The zero-order valence-electron chi connectivity index (χ0n) is 13.2. The van der Waals surface area contributed by atoms with E-state index < -0.39 is 23.7 Å². The summed E-state index contributed by atoms with van der Waals surface area (Å²) >= 11 is 1.54. The summed E-state index contributed by atoms with van der Waals surface area (Å²) < 4.78 is 38.9. The Hall–Kier alpha value is -1.70. The van der Waals surface area contributed by atoms with Gasteiger partial charge >= 0.3 is 6.18 Å². The van der Waals surface area contributed by atoms with Crippen LogP contribution in [0.5, 0.6) is 0 Å². The quantitative estimate of drug-likeness (QED) is 0.881. The van der Waals surface area contributed by atoms with Crippen LogP contribution in [0.3, 0.4) is 0 Å². The summed E-state index contributed by atoms with van der Waals surface area (Å²) in [7, 11) is 0. The number of nitrogens with zero attached hydrogens (tertiary/aromatic N) is 1. The van der Waals surface area contributed by atoms with Gasteiger partial charge in [-0.2, -0.15) is 13.2 Å². The molecule has 0 aromatic heterocycles. The number of halogens is 3. The average Bonchev–Trinajstić information content (AvgIpc) is 2.97. The molecule has 8 heteroatoms. The van der Waals surface area contributed by atoms with Gasteiger partial charge in [0, 0.05) is 17.9 Å². The molecule has 3 rings (SSSR count). The SMILES string of the molecule is Cc1ccc(NC(=O)C2CSC3(C)CCC(=O)N23)cc1C(F)(F)F. The molecule has 0 aliphatic carbocycles. The number of amides is 2. The van der Waals surface area contributed by atoms with Crippen LogP contribution in [0.1, 0.15) is 30.9 Å². The van der Waals surface area contributed by atoms with Gasteiger partial charge in [0.2, 0.25) is 11.8 Å². The van der Waals surface area contributed by atoms with E-state index in [4.69, 9.17) is 0 Å². The maximum absolute atomic E-state index is 13.0. The maximum atomic E-state index is 13.0. The fourth-order valence-electron chi connectivity index (χ4n) is 3.25. The largest absolute Gasteiger partial charge is 0.416 e. The second kappa shape index (κ2) is 5.68. The van der Waals surface area contributed by atoms with Crippen molar-refractivity contribution in [1.82, 2.24) is 4.90 Å². The van der Waals surface area contributed by atoms with Gasteiger partial charge in [0.25, 0.3) is 0 Å². The first-order valence-electron chi connectivity index (χ1n) is 7.57. The summed E-state index contributed by atoms with van der Waals surface area (Å²) in [6.45, 7) is 3.29. The standard InChI is InChI=1S/C16H17F3N2O2S/c1-9-3-4-10(7-11(9)16(17,18)19)20-14(23)12-8-24-15(2)6-5-13(22)21(12)15/h3-4,7,12H,5-6,8H2,1-2H3,(H,20,23). The summed E-state index contributed by atoms with van der Waals surface area (Å²) in [5.41, 5.74) is -0.592. The van der Waals surface area contributed by atoms with Crippen LogP contribution in [0, 0.1) is 6.92 Å². The molecule has 2 amide bonds. The highest BCUT2D eigenvalue weighted by Crippen LogP contribution is 2.47. The second-order valence-electron chi connectivity index (χ2n) is 6.28. The number of benzene rings is 1. The molecule has 1 aromatic rings. The fourth-order valence-corrected chi connectivity index (χ4v) is 4.68. The normalized spacial score (nSPS) is 26.6. The highest BCUT2D eigenvalue weighted by Gasteiger charge is 2.52. The molecule has 4 nitrogen and oxygen atoms in total. The number of anilines is 1. The van der Waals surface area contributed by atoms with E-state index in [1.807, 2.05) is 6.92 Å². The van der Waals surface area contributed by atoms with Gasteiger partial charge in [-0.05, 0) is 38.0 Å². The van der Waals surface area contributed by atoms with Crippen LogP contribution in [0.25, 0.3) is 0 Å². The number of nitrogens with one attached hydrogen (secondary N) is 1. The van der Waals surface area contributed by atoms with Crippen LogP contribution in [0.2, 0.25) is 0 Å². The first-order valence-corrected chi connectivity index (χ1v) is 8.55. The van der Waals surface area contributed by atoms with Gasteiger partial charge in [-0.25, -0.2) is 0 Å². The summed E-state index contributed by atoms with van der Waals surface area (Å²) in [6, 6.07) is 3.05. The van der Waals surface area contributed by atoms with Crippen molar-refractivity contribution in [2.24, 2.45) is 0 Å². The van der Waals surface area contributed by atoms with Crippen molar-refractivity contribution in [3.05, 3.63) is 29.3 Å². The Labute approximate surface area is 141 Å². The van der Waals surface area contributed by atoms with Gasteiger partial charge in [0.05, 0.1) is 10.4 Å². The minimum Gasteiger partial charge on any atom is -0.324 e. The Morgan fingerprint density at radius 3 is 2.79 bits per heavy atom. The lowest BCUT2D eigenvalue weighted by atomic mass is 10.1. The molecular weight excluding hydrogens is 341 g/mol. The molecule has 2 fully saturated rings. The van der Waals surface area contributed by atoms with Crippen molar-refractivity contribution in [3.8, 4) is 0 Å². The van der Waals surface area contributed by atoms with E-state index in [1.165, 1.54) is 19.1 Å². The highest BCUT2D eigenvalue weighted by molar-refractivity contribution is 8.01. The van der Waals surface area contributed by atoms with Crippen molar-refractivity contribution in [3.63, 3.8) is 0 Å². The lowest BCUT2D eigenvalue weighted by Gasteiger charge is -2.29. The zero-order chi connectivity index (χ0) is 17.7. The van der Waals surface area contributed by atoms with Crippen LogP contribution >= 0.6 is 11.8 Å². The number of thioether (sulfide) groups is 1. The predicted octanol–water partition coefficient (Wildman–Crippen LogP) is 3.41. The molecule has 1 aromatic carbocycles. The van der Waals surface area contributed by atoms with Crippen LogP contribution in [-0.4, -0.2) is 33.4 Å². The maximum Gasteiger partial charge on any atom is 0.416 e. The van der Waals surface area contributed by atoms with E-state index >= 15 is 0 Å². The number of hydrogen-bond donors (Lipinski definition) is 1. The molecule has 1 N–H and O–H groups in total. The number of rotatable bonds is 2. The van der Waals surface area contributed by atoms with Crippen LogP contribution in [-0.2, 0) is 15.8 Å². The number of carbonyl (C=O) groups excluding carboxylic acids is 2. The third kappa shape index (κ3) is 2.87. The Bertz CT molecular complexity index is 707. The van der Waals surface area contributed by atoms with E-state index in [-0.39, 0.29) is 22.0 Å². The van der Waals surface area contributed by atoms with Crippen LogP contribution in [0.4, 0.5) is 18.9 Å². The zero-order valence-corrected chi connectivity index (χ0v) is 14.1. The number of fused-ring (bicyclic) bond motifs is 1. The van der Waals surface area contributed by atoms with E-state index in [9.17, 15) is 22.8 Å². The summed E-state index contributed by atoms with van der Waals surface area (Å²) in [5, 5.41) is 2.53. The molecule has 2 saturated heterocycles. The van der Waals surface area contributed by atoms with Gasteiger partial charge in [0.15, 0.2) is 0 Å². The minimum absolute atomic E-state index is 0.0810. The Morgan fingerprint density at radius 2 is 2.12 bits per heavy atom. The molecule has 2 aliphatic heterocycles. The smallest absolute Gasteiger partial charge is 0.324 e. The third-order valence-electron chi connectivity index (χ3n) is 4.56. The number of carbonyl (C=O) groups is 2. The van der Waals surface area contributed by atoms with Gasteiger partial charge in [-0.1, -0.05) is 6.07 Å². The van der Waals surface area contributed by atoms with Crippen molar-refractivity contribution in [2.45, 2.75) is 43.8 Å². The number of aryl methyl sites for hydroxylation is 1. The van der Waals surface area contributed by atoms with E-state index in [0.29, 0.717) is 18.6 Å². The van der Waals surface area contributed by atoms with E-state index in [2.05, 4.69) is 5.32 Å². The number of alkyl halides is 3. The molecule has 2 atom stereocenters. The third-order valence-corrected chi connectivity index (χ3v) is 6.06. The topological polar surface area (TPSA) is 49.4 Å². The summed E-state index contributed by atoms with van der Waals surface area (Å²) in [6.07, 6.45) is -3.39. The molecular formula is C16H17F3N2O2S. The molecule has 0 spiro atoms. The summed E-state index contributed by atoms with van der Waals surface area (Å²) in [5.74, 6) is -0.0764. The molecule has 24 heavy (non-hydrogen) atoms. The molecule has 2 aliphatic rings. The van der Waals surface area contributed by atoms with E-state index in [0.717, 1.165) is 6.07 Å². The van der Waals surface area contributed by atoms with Crippen molar-refractivity contribution in [1.29, 1.82) is 0 Å². The summed E-state index contributed by atoms with van der Waals surface area (Å²) in [4.78, 5) is 25.7. The van der Waals surface area contributed by atoms with Crippen molar-refractivity contribution in [2.75, 3.05) is 11.1 Å². The Morgan fingerprint density at radius 1 is 1.42 bits per heavy atom. The number of hydrogen-bond acceptors (Lipinski definition) is 3. The lowest BCUT2D eigenvalue weighted by molar-refractivity contribution is -0.138. The molecule has 0 bridgehead atoms. The molecule has 2 unspecified atom stereocenters. The van der Waals surface area contributed by atoms with Crippen molar-refractivity contribution < 1.29 is 22.8 Å². The van der Waals surface area contributed by atoms with Gasteiger partial charge in [-0.3, -0.25) is 9.59 Å². The molecule has 0 radical (unpaired) electrons. The van der Waals surface area contributed by atoms with E-state index in [1.54, 1.807) is 16.7 Å². The van der Waals surface area contributed by atoms with Gasteiger partial charge < -0.3 is 10.2 Å². The minimum atomic E-state index is -4.47.